The maximum absolute atomic E-state index is 13.5. The summed E-state index contributed by atoms with van der Waals surface area (Å²) in [4.78, 5) is 3.94. The van der Waals surface area contributed by atoms with E-state index in [-0.39, 0.29) is 12.3 Å². The number of rotatable bonds is 4. The second-order valence-electron chi connectivity index (χ2n) is 3.61. The zero-order valence-electron chi connectivity index (χ0n) is 9.94. The number of nitrogens with one attached hydrogen (secondary N) is 1. The smallest absolute Gasteiger partial charge is 0.241 e. The van der Waals surface area contributed by atoms with Crippen molar-refractivity contribution >= 4 is 5.95 Å². The van der Waals surface area contributed by atoms with Gasteiger partial charge in [0.15, 0.2) is 17.4 Å². The Bertz CT molecular complexity index is 533. The molecule has 7 heteroatoms. The number of hydrogen-bond donors (Lipinski definition) is 1. The molecule has 0 spiro atoms. The molecular weight excluding hydrogens is 242 g/mol. The molecule has 2 aromatic rings. The van der Waals surface area contributed by atoms with Crippen molar-refractivity contribution in [3.05, 3.63) is 35.7 Å². The van der Waals surface area contributed by atoms with Crippen LogP contribution in [0.25, 0.3) is 0 Å². The van der Waals surface area contributed by atoms with Crippen LogP contribution < -0.4 is 10.1 Å². The number of benzene rings is 1. The number of methoxy groups -OCH3 is 1. The molecular formula is C11H12F2N4O. The van der Waals surface area contributed by atoms with Gasteiger partial charge in [-0.05, 0) is 17.7 Å². The molecule has 0 unspecified atom stereocenters. The standard InChI is InChI=1S/C11H12F2N4O/c1-14-11-15-6-17(16-11)5-7-3-8(12)10(18-2)9(13)4-7/h3-4,6H,5H2,1-2H3,(H,14,16). The third-order valence-electron chi connectivity index (χ3n) is 2.37. The molecule has 1 N–H and O–H groups in total. The van der Waals surface area contributed by atoms with E-state index in [1.807, 2.05) is 0 Å². The van der Waals surface area contributed by atoms with Gasteiger partial charge < -0.3 is 10.1 Å². The minimum Gasteiger partial charge on any atom is -0.491 e. The zero-order valence-corrected chi connectivity index (χ0v) is 9.94. The van der Waals surface area contributed by atoms with Crippen molar-refractivity contribution in [1.82, 2.24) is 14.8 Å². The lowest BCUT2D eigenvalue weighted by Gasteiger charge is -2.06. The van der Waals surface area contributed by atoms with Crippen LogP contribution in [0.2, 0.25) is 0 Å². The monoisotopic (exact) mass is 254 g/mol. The average molecular weight is 254 g/mol. The van der Waals surface area contributed by atoms with Gasteiger partial charge >= 0.3 is 0 Å². The SMILES string of the molecule is CNc1ncn(Cc2cc(F)c(OC)c(F)c2)n1. The van der Waals surface area contributed by atoms with Gasteiger partial charge in [0.2, 0.25) is 5.95 Å². The molecule has 0 fully saturated rings. The van der Waals surface area contributed by atoms with Crippen LogP contribution >= 0.6 is 0 Å². The van der Waals surface area contributed by atoms with Crippen molar-refractivity contribution in [3.63, 3.8) is 0 Å². The van der Waals surface area contributed by atoms with E-state index in [0.29, 0.717) is 11.5 Å². The topological polar surface area (TPSA) is 52.0 Å². The highest BCUT2D eigenvalue weighted by atomic mass is 19.1. The predicted molar refractivity (Wildman–Crippen MR) is 61.6 cm³/mol. The largest absolute Gasteiger partial charge is 0.491 e. The third kappa shape index (κ3) is 2.39. The Morgan fingerprint density at radius 1 is 1.33 bits per heavy atom. The lowest BCUT2D eigenvalue weighted by Crippen LogP contribution is -2.03. The number of aromatic nitrogens is 3. The minimum absolute atomic E-state index is 0.229. The molecule has 1 heterocycles. The highest BCUT2D eigenvalue weighted by Crippen LogP contribution is 2.23. The van der Waals surface area contributed by atoms with Crippen molar-refractivity contribution in [1.29, 1.82) is 0 Å². The van der Waals surface area contributed by atoms with Crippen LogP contribution in [0.1, 0.15) is 5.56 Å². The fourth-order valence-electron chi connectivity index (χ4n) is 1.57. The second kappa shape index (κ2) is 4.99. The Labute approximate surface area is 102 Å². The first-order chi connectivity index (χ1) is 8.63. The molecule has 0 radical (unpaired) electrons. The molecule has 0 amide bonds. The molecule has 2 rings (SSSR count). The number of anilines is 1. The molecule has 0 saturated carbocycles. The Morgan fingerprint density at radius 2 is 2.00 bits per heavy atom. The van der Waals surface area contributed by atoms with Gasteiger partial charge in [0, 0.05) is 7.05 Å². The summed E-state index contributed by atoms with van der Waals surface area (Å²) >= 11 is 0. The average Bonchev–Trinajstić information content (AvgIpc) is 2.76. The third-order valence-corrected chi connectivity index (χ3v) is 2.37. The highest BCUT2D eigenvalue weighted by Gasteiger charge is 2.12. The number of ether oxygens (including phenoxy) is 1. The van der Waals surface area contributed by atoms with Crippen molar-refractivity contribution < 1.29 is 13.5 Å². The van der Waals surface area contributed by atoms with Gasteiger partial charge in [-0.25, -0.2) is 18.4 Å². The van der Waals surface area contributed by atoms with Crippen LogP contribution in [-0.4, -0.2) is 28.9 Å². The molecule has 0 atom stereocenters. The first-order valence-electron chi connectivity index (χ1n) is 5.23. The van der Waals surface area contributed by atoms with Gasteiger partial charge in [0.1, 0.15) is 6.33 Å². The van der Waals surface area contributed by atoms with Crippen LogP contribution in [0.3, 0.4) is 0 Å². The Morgan fingerprint density at radius 3 is 2.50 bits per heavy atom. The summed E-state index contributed by atoms with van der Waals surface area (Å²) in [5, 5.41) is 6.81. The van der Waals surface area contributed by atoms with Gasteiger partial charge in [-0.3, -0.25) is 0 Å². The van der Waals surface area contributed by atoms with E-state index in [0.717, 1.165) is 0 Å². The van der Waals surface area contributed by atoms with E-state index in [1.165, 1.54) is 30.3 Å². The van der Waals surface area contributed by atoms with E-state index in [9.17, 15) is 8.78 Å². The van der Waals surface area contributed by atoms with E-state index in [4.69, 9.17) is 0 Å². The second-order valence-corrected chi connectivity index (χ2v) is 3.61. The van der Waals surface area contributed by atoms with E-state index < -0.39 is 11.6 Å². The lowest BCUT2D eigenvalue weighted by molar-refractivity contribution is 0.359. The maximum Gasteiger partial charge on any atom is 0.241 e. The summed E-state index contributed by atoms with van der Waals surface area (Å²) in [5.41, 5.74) is 0.443. The van der Waals surface area contributed by atoms with E-state index >= 15 is 0 Å². The predicted octanol–water partition coefficient (Wildman–Crippen LogP) is 1.65. The molecule has 0 aliphatic carbocycles. The molecule has 18 heavy (non-hydrogen) atoms. The Kier molecular flexibility index (Phi) is 3.40. The first-order valence-corrected chi connectivity index (χ1v) is 5.23. The van der Waals surface area contributed by atoms with E-state index in [1.54, 1.807) is 7.05 Å². The number of halogens is 2. The van der Waals surface area contributed by atoms with Crippen molar-refractivity contribution in [2.45, 2.75) is 6.54 Å². The van der Waals surface area contributed by atoms with Gasteiger partial charge in [0.05, 0.1) is 13.7 Å². The fourth-order valence-corrected chi connectivity index (χ4v) is 1.57. The summed E-state index contributed by atoms with van der Waals surface area (Å²) in [6.45, 7) is 0.229. The van der Waals surface area contributed by atoms with Crippen LogP contribution in [0.5, 0.6) is 5.75 Å². The van der Waals surface area contributed by atoms with Crippen molar-refractivity contribution in [3.8, 4) is 5.75 Å². The lowest BCUT2D eigenvalue weighted by atomic mass is 10.2. The van der Waals surface area contributed by atoms with Crippen molar-refractivity contribution in [2.75, 3.05) is 19.5 Å². The molecule has 96 valence electrons. The first kappa shape index (κ1) is 12.3. The van der Waals surface area contributed by atoms with Crippen molar-refractivity contribution in [2.24, 2.45) is 0 Å². The molecule has 5 nitrogen and oxygen atoms in total. The van der Waals surface area contributed by atoms with Gasteiger partial charge in [-0.15, -0.1) is 5.10 Å². The quantitative estimate of drug-likeness (QED) is 0.901. The molecule has 0 saturated heterocycles. The summed E-state index contributed by atoms with van der Waals surface area (Å²) in [5.74, 6) is -1.40. The Balaban J connectivity index is 2.24. The summed E-state index contributed by atoms with van der Waals surface area (Å²) in [7, 11) is 2.91. The molecule has 0 aliphatic heterocycles. The van der Waals surface area contributed by atoms with Crippen LogP contribution in [0.15, 0.2) is 18.5 Å². The highest BCUT2D eigenvalue weighted by molar-refractivity contribution is 5.31. The number of hydrogen-bond acceptors (Lipinski definition) is 4. The Hall–Kier alpha value is -2.18. The summed E-state index contributed by atoms with van der Waals surface area (Å²) in [6, 6.07) is 2.42. The molecule has 1 aromatic heterocycles. The molecule has 0 aliphatic rings. The van der Waals surface area contributed by atoms with Gasteiger partial charge in [0.25, 0.3) is 0 Å². The zero-order chi connectivity index (χ0) is 13.1. The van der Waals surface area contributed by atoms with Gasteiger partial charge in [-0.2, -0.15) is 0 Å². The van der Waals surface area contributed by atoms with Crippen LogP contribution in [-0.2, 0) is 6.54 Å². The molecule has 1 aromatic carbocycles. The van der Waals surface area contributed by atoms with Gasteiger partial charge in [-0.1, -0.05) is 0 Å². The summed E-state index contributed by atoms with van der Waals surface area (Å²) < 4.78 is 33.0. The van der Waals surface area contributed by atoms with Crippen LogP contribution in [0.4, 0.5) is 14.7 Å². The minimum atomic E-state index is -0.735. The normalized spacial score (nSPS) is 10.4. The number of nitrogens with zero attached hydrogens (tertiary/aromatic N) is 3. The molecule has 0 bridgehead atoms. The van der Waals surface area contributed by atoms with Crippen LogP contribution in [0, 0.1) is 11.6 Å². The fraction of sp³-hybridized carbons (Fsp3) is 0.273. The van der Waals surface area contributed by atoms with E-state index in [2.05, 4.69) is 20.1 Å². The maximum atomic E-state index is 13.5. The summed E-state index contributed by atoms with van der Waals surface area (Å²) in [6.07, 6.45) is 1.48.